The van der Waals surface area contributed by atoms with Gasteiger partial charge in [-0.2, -0.15) is 0 Å². The van der Waals surface area contributed by atoms with Crippen LogP contribution in [-0.4, -0.2) is 45.7 Å². The van der Waals surface area contributed by atoms with Crippen molar-refractivity contribution < 1.29 is 22.7 Å². The first kappa shape index (κ1) is 20.2. The number of esters is 1. The maximum absolute atomic E-state index is 12.2. The van der Waals surface area contributed by atoms with Crippen LogP contribution in [0.5, 0.6) is 0 Å². The summed E-state index contributed by atoms with van der Waals surface area (Å²) in [6, 6.07) is 4.58. The molecule has 0 radical (unpaired) electrons. The average Bonchev–Trinajstić information content (AvgIpc) is 2.91. The topological polar surface area (TPSA) is 92.8 Å². The molecule has 1 N–H and O–H groups in total. The monoisotopic (exact) mass is 382 g/mol. The third kappa shape index (κ3) is 4.97. The van der Waals surface area contributed by atoms with Crippen molar-refractivity contribution in [1.29, 1.82) is 0 Å². The van der Waals surface area contributed by atoms with Crippen molar-refractivity contribution in [2.45, 2.75) is 45.6 Å². The molecule has 1 aromatic rings. The van der Waals surface area contributed by atoms with Gasteiger partial charge in [-0.05, 0) is 43.5 Å². The Hall–Kier alpha value is -2.09. The smallest absolute Gasteiger partial charge is 0.338 e. The fourth-order valence-corrected chi connectivity index (χ4v) is 4.37. The first-order valence-electron chi connectivity index (χ1n) is 8.80. The van der Waals surface area contributed by atoms with Crippen molar-refractivity contribution in [3.8, 4) is 0 Å². The number of anilines is 1. The van der Waals surface area contributed by atoms with Crippen LogP contribution in [0.15, 0.2) is 18.2 Å². The van der Waals surface area contributed by atoms with E-state index in [1.54, 1.807) is 12.1 Å². The van der Waals surface area contributed by atoms with Crippen LogP contribution in [0.3, 0.4) is 0 Å². The zero-order chi connectivity index (χ0) is 19.3. The number of nitrogens with zero attached hydrogens (tertiary/aromatic N) is 1. The van der Waals surface area contributed by atoms with E-state index in [4.69, 9.17) is 4.74 Å². The summed E-state index contributed by atoms with van der Waals surface area (Å²) in [5.74, 6) is -0.922. The number of hydrogen-bond donors (Lipinski definition) is 1. The van der Waals surface area contributed by atoms with Gasteiger partial charge in [-0.15, -0.1) is 0 Å². The van der Waals surface area contributed by atoms with Crippen LogP contribution < -0.4 is 9.62 Å². The van der Waals surface area contributed by atoms with Gasteiger partial charge in [0.05, 0.1) is 17.5 Å². The maximum Gasteiger partial charge on any atom is 0.338 e. The number of benzene rings is 1. The Kier molecular flexibility index (Phi) is 6.63. The lowest BCUT2D eigenvalue weighted by Crippen LogP contribution is -2.34. The summed E-state index contributed by atoms with van der Waals surface area (Å²) >= 11 is 0. The SMILES string of the molecule is CCCCCNC(=O)COC(=O)c1ccc2c(c1)C[C@@H](C)N2S(C)(=O)=O. The highest BCUT2D eigenvalue weighted by atomic mass is 32.2. The third-order valence-corrected chi connectivity index (χ3v) is 5.53. The first-order valence-corrected chi connectivity index (χ1v) is 10.6. The van der Waals surface area contributed by atoms with Gasteiger partial charge in [-0.1, -0.05) is 19.8 Å². The molecular weight excluding hydrogens is 356 g/mol. The Labute approximate surface area is 154 Å². The molecule has 1 aliphatic heterocycles. The molecule has 2 rings (SSSR count). The van der Waals surface area contributed by atoms with Crippen LogP contribution >= 0.6 is 0 Å². The standard InChI is InChI=1S/C18H26N2O5S/c1-4-5-6-9-19-17(21)12-25-18(22)14-7-8-16-15(11-14)10-13(2)20(16)26(3,23)24/h7-8,11,13H,4-6,9-10,12H2,1-3H3,(H,19,21)/t13-/m1/s1. The van der Waals surface area contributed by atoms with Gasteiger partial charge in [0.1, 0.15) is 0 Å². The summed E-state index contributed by atoms with van der Waals surface area (Å²) in [6.45, 7) is 4.15. The molecule has 1 atom stereocenters. The number of hydrogen-bond acceptors (Lipinski definition) is 5. The number of carbonyl (C=O) groups excluding carboxylic acids is 2. The lowest BCUT2D eigenvalue weighted by atomic mass is 10.1. The van der Waals surface area contributed by atoms with Crippen molar-refractivity contribution in [2.24, 2.45) is 0 Å². The van der Waals surface area contributed by atoms with Crippen LogP contribution in [-0.2, 0) is 26.0 Å². The molecule has 1 aliphatic rings. The van der Waals surface area contributed by atoms with Crippen molar-refractivity contribution in [3.63, 3.8) is 0 Å². The largest absolute Gasteiger partial charge is 0.452 e. The van der Waals surface area contributed by atoms with Crippen molar-refractivity contribution in [3.05, 3.63) is 29.3 Å². The lowest BCUT2D eigenvalue weighted by Gasteiger charge is -2.21. The van der Waals surface area contributed by atoms with E-state index in [2.05, 4.69) is 12.2 Å². The minimum Gasteiger partial charge on any atom is -0.452 e. The molecule has 0 fully saturated rings. The van der Waals surface area contributed by atoms with Crippen LogP contribution in [0.2, 0.25) is 0 Å². The van der Waals surface area contributed by atoms with E-state index in [1.807, 2.05) is 6.92 Å². The van der Waals surface area contributed by atoms with Gasteiger partial charge in [0.2, 0.25) is 10.0 Å². The fraction of sp³-hybridized carbons (Fsp3) is 0.556. The van der Waals surface area contributed by atoms with Crippen molar-refractivity contribution in [1.82, 2.24) is 5.32 Å². The molecule has 7 nitrogen and oxygen atoms in total. The normalized spacial score (nSPS) is 16.3. The lowest BCUT2D eigenvalue weighted by molar-refractivity contribution is -0.124. The quantitative estimate of drug-likeness (QED) is 0.547. The minimum atomic E-state index is -3.37. The molecular formula is C18H26N2O5S. The second-order valence-electron chi connectivity index (χ2n) is 6.59. The van der Waals surface area contributed by atoms with Crippen LogP contribution in [0.1, 0.15) is 49.0 Å². The van der Waals surface area contributed by atoms with E-state index >= 15 is 0 Å². The predicted molar refractivity (Wildman–Crippen MR) is 99.7 cm³/mol. The molecule has 1 heterocycles. The molecule has 0 spiro atoms. The van der Waals surface area contributed by atoms with Crippen molar-refractivity contribution >= 4 is 27.6 Å². The van der Waals surface area contributed by atoms with E-state index in [-0.39, 0.29) is 18.6 Å². The van der Waals surface area contributed by atoms with Crippen molar-refractivity contribution in [2.75, 3.05) is 23.7 Å². The number of ether oxygens (including phenoxy) is 1. The van der Waals surface area contributed by atoms with Gasteiger partial charge in [0, 0.05) is 12.6 Å². The number of fused-ring (bicyclic) bond motifs is 1. The van der Waals surface area contributed by atoms with Gasteiger partial charge in [-0.25, -0.2) is 13.2 Å². The molecule has 26 heavy (non-hydrogen) atoms. The Morgan fingerprint density at radius 2 is 2.04 bits per heavy atom. The molecule has 0 saturated heterocycles. The van der Waals surface area contributed by atoms with E-state index in [0.29, 0.717) is 24.2 Å². The van der Waals surface area contributed by atoms with Crippen LogP contribution in [0, 0.1) is 0 Å². The molecule has 0 aliphatic carbocycles. The molecule has 1 amide bonds. The van der Waals surface area contributed by atoms with Gasteiger partial charge < -0.3 is 10.1 Å². The number of nitrogens with one attached hydrogen (secondary N) is 1. The Bertz CT molecular complexity index is 776. The minimum absolute atomic E-state index is 0.194. The number of rotatable bonds is 8. The Balaban J connectivity index is 1.96. The summed E-state index contributed by atoms with van der Waals surface area (Å²) < 4.78 is 30.2. The average molecular weight is 382 g/mol. The van der Waals surface area contributed by atoms with Crippen LogP contribution in [0.4, 0.5) is 5.69 Å². The second kappa shape index (κ2) is 8.53. The number of sulfonamides is 1. The maximum atomic E-state index is 12.2. The Morgan fingerprint density at radius 1 is 1.31 bits per heavy atom. The highest BCUT2D eigenvalue weighted by Crippen LogP contribution is 2.34. The summed E-state index contributed by atoms with van der Waals surface area (Å²) in [4.78, 5) is 23.8. The number of carbonyl (C=O) groups is 2. The predicted octanol–water partition coefficient (Wildman–Crippen LogP) is 1.86. The molecule has 0 unspecified atom stereocenters. The van der Waals surface area contributed by atoms with E-state index in [0.717, 1.165) is 24.8 Å². The van der Waals surface area contributed by atoms with Gasteiger partial charge in [0.15, 0.2) is 6.61 Å². The summed E-state index contributed by atoms with van der Waals surface area (Å²) in [5, 5.41) is 2.70. The zero-order valence-electron chi connectivity index (χ0n) is 15.4. The summed E-state index contributed by atoms with van der Waals surface area (Å²) in [6.07, 6.45) is 4.70. The highest BCUT2D eigenvalue weighted by Gasteiger charge is 2.32. The molecule has 0 aromatic heterocycles. The fourth-order valence-electron chi connectivity index (χ4n) is 3.10. The van der Waals surface area contributed by atoms with Gasteiger partial charge in [-0.3, -0.25) is 9.10 Å². The molecule has 0 bridgehead atoms. The second-order valence-corrected chi connectivity index (χ2v) is 8.45. The first-order chi connectivity index (χ1) is 12.2. The molecule has 144 valence electrons. The van der Waals surface area contributed by atoms with Gasteiger partial charge in [0.25, 0.3) is 5.91 Å². The number of amides is 1. The third-order valence-electron chi connectivity index (χ3n) is 4.26. The van der Waals surface area contributed by atoms with E-state index < -0.39 is 16.0 Å². The zero-order valence-corrected chi connectivity index (χ0v) is 16.3. The summed E-state index contributed by atoms with van der Waals surface area (Å²) in [5.41, 5.74) is 1.68. The number of unbranched alkanes of at least 4 members (excludes halogenated alkanes) is 2. The van der Waals surface area contributed by atoms with E-state index in [1.165, 1.54) is 16.6 Å². The van der Waals surface area contributed by atoms with Gasteiger partial charge >= 0.3 is 5.97 Å². The summed E-state index contributed by atoms with van der Waals surface area (Å²) in [7, 11) is -3.37. The highest BCUT2D eigenvalue weighted by molar-refractivity contribution is 7.92. The van der Waals surface area contributed by atoms with Crippen LogP contribution in [0.25, 0.3) is 0 Å². The molecule has 8 heteroatoms. The molecule has 1 aromatic carbocycles. The van der Waals surface area contributed by atoms with E-state index in [9.17, 15) is 18.0 Å². The Morgan fingerprint density at radius 3 is 2.69 bits per heavy atom. The molecule has 0 saturated carbocycles.